The van der Waals surface area contributed by atoms with Gasteiger partial charge in [0.25, 0.3) is 0 Å². The highest BCUT2D eigenvalue weighted by atomic mass is 35.5. The van der Waals surface area contributed by atoms with E-state index in [9.17, 15) is 13.2 Å². The predicted octanol–water partition coefficient (Wildman–Crippen LogP) is 5.51. The lowest BCUT2D eigenvalue weighted by atomic mass is 10.3. The van der Waals surface area contributed by atoms with Crippen molar-refractivity contribution in [2.75, 3.05) is 11.1 Å². The SMILES string of the molecule is Nc1c(Nc2ccc(OC(F)(F)F)cc2)ncnc1Sc1ccc(Cl)cc1. The topological polar surface area (TPSA) is 73.1 Å². The van der Waals surface area contributed by atoms with Crippen molar-refractivity contribution in [1.29, 1.82) is 0 Å². The molecule has 0 amide bonds. The molecule has 10 heteroatoms. The minimum absolute atomic E-state index is 0.313. The maximum Gasteiger partial charge on any atom is 0.573 e. The molecule has 27 heavy (non-hydrogen) atoms. The first-order chi connectivity index (χ1) is 12.8. The van der Waals surface area contributed by atoms with E-state index in [0.717, 1.165) is 4.90 Å². The average molecular weight is 413 g/mol. The molecule has 0 bridgehead atoms. The fourth-order valence-electron chi connectivity index (χ4n) is 2.05. The Morgan fingerprint density at radius 3 is 2.30 bits per heavy atom. The summed E-state index contributed by atoms with van der Waals surface area (Å²) in [6.07, 6.45) is -3.39. The third kappa shape index (κ3) is 5.41. The van der Waals surface area contributed by atoms with Gasteiger partial charge in [-0.25, -0.2) is 9.97 Å². The van der Waals surface area contributed by atoms with Crippen molar-refractivity contribution in [2.24, 2.45) is 0 Å². The van der Waals surface area contributed by atoms with E-state index in [1.807, 2.05) is 12.1 Å². The zero-order valence-electron chi connectivity index (χ0n) is 13.5. The number of aromatic nitrogens is 2. The van der Waals surface area contributed by atoms with Crippen LogP contribution < -0.4 is 15.8 Å². The van der Waals surface area contributed by atoms with Crippen LogP contribution in [0.3, 0.4) is 0 Å². The van der Waals surface area contributed by atoms with E-state index in [-0.39, 0.29) is 5.75 Å². The molecule has 140 valence electrons. The average Bonchev–Trinajstić information content (AvgIpc) is 2.61. The number of benzene rings is 2. The number of hydrogen-bond acceptors (Lipinski definition) is 6. The van der Waals surface area contributed by atoms with E-state index in [4.69, 9.17) is 17.3 Å². The molecule has 0 aliphatic rings. The Hall–Kier alpha value is -2.65. The van der Waals surface area contributed by atoms with Gasteiger partial charge in [0.15, 0.2) is 5.82 Å². The summed E-state index contributed by atoms with van der Waals surface area (Å²) < 4.78 is 40.5. The van der Waals surface area contributed by atoms with E-state index in [0.29, 0.717) is 27.2 Å². The van der Waals surface area contributed by atoms with Crippen LogP contribution in [0.1, 0.15) is 0 Å². The van der Waals surface area contributed by atoms with E-state index >= 15 is 0 Å². The van der Waals surface area contributed by atoms with Crippen molar-refractivity contribution in [1.82, 2.24) is 9.97 Å². The zero-order chi connectivity index (χ0) is 19.4. The molecule has 0 fully saturated rings. The van der Waals surface area contributed by atoms with Gasteiger partial charge in [-0.1, -0.05) is 23.4 Å². The summed E-state index contributed by atoms with van der Waals surface area (Å²) in [5.41, 5.74) is 6.92. The van der Waals surface area contributed by atoms with Crippen LogP contribution in [0.25, 0.3) is 0 Å². The summed E-state index contributed by atoms with van der Waals surface area (Å²) in [4.78, 5) is 9.13. The third-order valence-corrected chi connectivity index (χ3v) is 4.50. The monoisotopic (exact) mass is 412 g/mol. The van der Waals surface area contributed by atoms with E-state index in [1.165, 1.54) is 42.4 Å². The maximum absolute atomic E-state index is 12.2. The number of nitrogens with zero attached hydrogens (tertiary/aromatic N) is 2. The predicted molar refractivity (Wildman–Crippen MR) is 98.4 cm³/mol. The number of nitrogen functional groups attached to an aromatic ring is 1. The second kappa shape index (κ2) is 7.93. The second-order valence-corrected chi connectivity index (χ2v) is 6.69. The van der Waals surface area contributed by atoms with Gasteiger partial charge in [-0.2, -0.15) is 0 Å². The Morgan fingerprint density at radius 1 is 1.00 bits per heavy atom. The van der Waals surface area contributed by atoms with Crippen LogP contribution in [-0.2, 0) is 0 Å². The lowest BCUT2D eigenvalue weighted by Crippen LogP contribution is -2.17. The quantitative estimate of drug-likeness (QED) is 0.538. The molecular weight excluding hydrogens is 401 g/mol. The first-order valence-corrected chi connectivity index (χ1v) is 8.66. The number of halogens is 4. The maximum atomic E-state index is 12.2. The standard InChI is InChI=1S/C17H12ClF3N4OS/c18-10-1-7-13(8-2-10)27-16-14(22)15(23-9-24-16)25-11-3-5-12(6-4-11)26-17(19,20)21/h1-9H,22H2,(H,23,24,25). The molecule has 0 saturated carbocycles. The summed E-state index contributed by atoms with van der Waals surface area (Å²) in [6, 6.07) is 12.4. The Kier molecular flexibility index (Phi) is 5.62. The number of nitrogens with one attached hydrogen (secondary N) is 1. The van der Waals surface area contributed by atoms with Gasteiger partial charge in [-0.3, -0.25) is 0 Å². The second-order valence-electron chi connectivity index (χ2n) is 5.19. The van der Waals surface area contributed by atoms with Crippen LogP contribution >= 0.6 is 23.4 Å². The largest absolute Gasteiger partial charge is 0.573 e. The highest BCUT2D eigenvalue weighted by Crippen LogP contribution is 2.34. The van der Waals surface area contributed by atoms with Gasteiger partial charge >= 0.3 is 6.36 Å². The zero-order valence-corrected chi connectivity index (χ0v) is 15.1. The van der Waals surface area contributed by atoms with Crippen LogP contribution in [0.5, 0.6) is 5.75 Å². The minimum Gasteiger partial charge on any atom is -0.406 e. The van der Waals surface area contributed by atoms with Crippen LogP contribution in [0.2, 0.25) is 5.02 Å². The molecule has 3 aromatic rings. The van der Waals surface area contributed by atoms with E-state index < -0.39 is 6.36 Å². The Morgan fingerprint density at radius 2 is 1.67 bits per heavy atom. The highest BCUT2D eigenvalue weighted by molar-refractivity contribution is 7.99. The van der Waals surface area contributed by atoms with Crippen molar-refractivity contribution >= 4 is 40.6 Å². The molecule has 0 unspecified atom stereocenters. The number of anilines is 3. The number of ether oxygens (including phenoxy) is 1. The fourth-order valence-corrected chi connectivity index (χ4v) is 2.98. The van der Waals surface area contributed by atoms with Crippen LogP contribution in [0.15, 0.2) is 64.8 Å². The molecule has 2 aromatic carbocycles. The third-order valence-electron chi connectivity index (χ3n) is 3.23. The van der Waals surface area contributed by atoms with Crippen molar-refractivity contribution < 1.29 is 17.9 Å². The van der Waals surface area contributed by atoms with Gasteiger partial charge in [-0.05, 0) is 48.5 Å². The summed E-state index contributed by atoms with van der Waals surface area (Å²) in [5.74, 6) is 0.0219. The molecule has 1 heterocycles. The van der Waals surface area contributed by atoms with Crippen LogP contribution in [0, 0.1) is 0 Å². The Bertz CT molecular complexity index is 921. The first kappa shape index (κ1) is 19.1. The van der Waals surface area contributed by atoms with Gasteiger partial charge in [0, 0.05) is 15.6 Å². The molecule has 5 nitrogen and oxygen atoms in total. The Labute approximate surface area is 161 Å². The number of rotatable bonds is 5. The molecule has 0 radical (unpaired) electrons. The summed E-state index contributed by atoms with van der Waals surface area (Å²) in [6.45, 7) is 0. The van der Waals surface area contributed by atoms with Gasteiger partial charge in [0.05, 0.1) is 0 Å². The molecule has 0 saturated heterocycles. The lowest BCUT2D eigenvalue weighted by Gasteiger charge is -2.12. The minimum atomic E-state index is -4.74. The molecule has 0 aliphatic carbocycles. The highest BCUT2D eigenvalue weighted by Gasteiger charge is 2.30. The van der Waals surface area contributed by atoms with Crippen molar-refractivity contribution in [3.8, 4) is 5.75 Å². The van der Waals surface area contributed by atoms with Gasteiger partial charge in [-0.15, -0.1) is 13.2 Å². The van der Waals surface area contributed by atoms with Crippen molar-refractivity contribution in [2.45, 2.75) is 16.3 Å². The summed E-state index contributed by atoms with van der Waals surface area (Å²) >= 11 is 7.20. The van der Waals surface area contributed by atoms with Crippen molar-refractivity contribution in [3.05, 3.63) is 59.9 Å². The summed E-state index contributed by atoms with van der Waals surface area (Å²) in [7, 11) is 0. The molecule has 0 spiro atoms. The molecule has 0 atom stereocenters. The lowest BCUT2D eigenvalue weighted by molar-refractivity contribution is -0.274. The Balaban J connectivity index is 1.74. The molecular formula is C17H12ClF3N4OS. The fraction of sp³-hybridized carbons (Fsp3) is 0.0588. The normalized spacial score (nSPS) is 11.3. The number of alkyl halides is 3. The van der Waals surface area contributed by atoms with Gasteiger partial charge in [0.1, 0.15) is 22.8 Å². The van der Waals surface area contributed by atoms with Gasteiger partial charge in [0.2, 0.25) is 0 Å². The smallest absolute Gasteiger partial charge is 0.406 e. The molecule has 3 N–H and O–H groups in total. The van der Waals surface area contributed by atoms with Gasteiger partial charge < -0.3 is 15.8 Å². The molecule has 3 rings (SSSR count). The number of nitrogens with two attached hydrogens (primary N) is 1. The number of hydrogen-bond donors (Lipinski definition) is 2. The molecule has 1 aromatic heterocycles. The van der Waals surface area contributed by atoms with Crippen LogP contribution in [-0.4, -0.2) is 16.3 Å². The van der Waals surface area contributed by atoms with Crippen LogP contribution in [0.4, 0.5) is 30.4 Å². The molecule has 0 aliphatic heterocycles. The first-order valence-electron chi connectivity index (χ1n) is 7.47. The van der Waals surface area contributed by atoms with E-state index in [2.05, 4.69) is 20.0 Å². The van der Waals surface area contributed by atoms with Crippen molar-refractivity contribution in [3.63, 3.8) is 0 Å². The summed E-state index contributed by atoms with van der Waals surface area (Å²) in [5, 5.41) is 4.10. The van der Waals surface area contributed by atoms with E-state index in [1.54, 1.807) is 12.1 Å².